The van der Waals surface area contributed by atoms with Crippen LogP contribution in [0.15, 0.2) is 46.7 Å². The molecule has 0 atom stereocenters. The SMILES string of the molecule is COc1ccc(OC)c(-c2csc(NC(=O)c3cc(S(=O)(=O)N4CCCC4)ccc3C)n2)c1. The fourth-order valence-electron chi connectivity index (χ4n) is 3.72. The van der Waals surface area contributed by atoms with Crippen LogP contribution in [0.25, 0.3) is 11.3 Å². The van der Waals surface area contributed by atoms with E-state index in [0.717, 1.165) is 18.4 Å². The number of thiazole rings is 1. The average Bonchev–Trinajstić information content (AvgIpc) is 3.51. The van der Waals surface area contributed by atoms with Crippen molar-refractivity contribution in [2.75, 3.05) is 32.6 Å². The number of hydrogen-bond acceptors (Lipinski definition) is 7. The fourth-order valence-corrected chi connectivity index (χ4v) is 5.97. The van der Waals surface area contributed by atoms with E-state index in [-0.39, 0.29) is 4.90 Å². The maximum absolute atomic E-state index is 13.0. The van der Waals surface area contributed by atoms with Crippen LogP contribution in [-0.2, 0) is 10.0 Å². The van der Waals surface area contributed by atoms with E-state index in [0.29, 0.717) is 46.5 Å². The number of anilines is 1. The van der Waals surface area contributed by atoms with Crippen LogP contribution in [0.2, 0.25) is 0 Å². The Morgan fingerprint density at radius 3 is 2.55 bits per heavy atom. The molecule has 0 unspecified atom stereocenters. The predicted octanol–water partition coefficient (Wildman–Crippen LogP) is 4.17. The first-order valence-corrected chi connectivity index (χ1v) is 12.8. The van der Waals surface area contributed by atoms with E-state index in [1.54, 1.807) is 45.4 Å². The number of aromatic nitrogens is 1. The summed E-state index contributed by atoms with van der Waals surface area (Å²) in [7, 11) is -0.458. The number of sulfonamides is 1. The van der Waals surface area contributed by atoms with Crippen molar-refractivity contribution in [2.24, 2.45) is 0 Å². The van der Waals surface area contributed by atoms with Crippen LogP contribution in [-0.4, -0.2) is 50.9 Å². The molecule has 1 saturated heterocycles. The molecule has 0 aliphatic carbocycles. The minimum Gasteiger partial charge on any atom is -0.497 e. The van der Waals surface area contributed by atoms with Gasteiger partial charge in [-0.05, 0) is 55.7 Å². The van der Waals surface area contributed by atoms with E-state index in [9.17, 15) is 13.2 Å². The van der Waals surface area contributed by atoms with E-state index in [1.807, 2.05) is 11.4 Å². The number of methoxy groups -OCH3 is 2. The Morgan fingerprint density at radius 2 is 1.85 bits per heavy atom. The zero-order valence-electron chi connectivity index (χ0n) is 18.6. The molecule has 1 N–H and O–H groups in total. The zero-order valence-corrected chi connectivity index (χ0v) is 20.3. The molecule has 0 bridgehead atoms. The lowest BCUT2D eigenvalue weighted by molar-refractivity contribution is 0.102. The summed E-state index contributed by atoms with van der Waals surface area (Å²) in [6, 6.07) is 10.1. The van der Waals surface area contributed by atoms with Crippen LogP contribution in [0.4, 0.5) is 5.13 Å². The summed E-state index contributed by atoms with van der Waals surface area (Å²) in [6.07, 6.45) is 1.70. The molecular weight excluding hydrogens is 462 g/mol. The number of carbonyl (C=O) groups excluding carboxylic acids is 1. The molecular formula is C23H25N3O5S2. The van der Waals surface area contributed by atoms with Crippen LogP contribution in [0.1, 0.15) is 28.8 Å². The number of nitrogens with zero attached hydrogens (tertiary/aromatic N) is 2. The number of amides is 1. The predicted molar refractivity (Wildman–Crippen MR) is 128 cm³/mol. The van der Waals surface area contributed by atoms with Gasteiger partial charge in [0.05, 0.1) is 24.8 Å². The van der Waals surface area contributed by atoms with Gasteiger partial charge in [-0.25, -0.2) is 13.4 Å². The summed E-state index contributed by atoms with van der Waals surface area (Å²) in [5, 5.41) is 5.00. The lowest BCUT2D eigenvalue weighted by Crippen LogP contribution is -2.28. The second kappa shape index (κ2) is 9.50. The van der Waals surface area contributed by atoms with Gasteiger partial charge in [-0.1, -0.05) is 6.07 Å². The normalized spacial score (nSPS) is 14.3. The quantitative estimate of drug-likeness (QED) is 0.537. The van der Waals surface area contributed by atoms with Gasteiger partial charge in [0.1, 0.15) is 11.5 Å². The highest BCUT2D eigenvalue weighted by Crippen LogP contribution is 2.35. The molecule has 0 spiro atoms. The Kier molecular flexibility index (Phi) is 6.68. The molecule has 174 valence electrons. The summed E-state index contributed by atoms with van der Waals surface area (Å²) in [5.74, 6) is 0.884. The van der Waals surface area contributed by atoms with Crippen molar-refractivity contribution >= 4 is 32.4 Å². The lowest BCUT2D eigenvalue weighted by Gasteiger charge is -2.16. The average molecular weight is 488 g/mol. The summed E-state index contributed by atoms with van der Waals surface area (Å²) < 4.78 is 38.0. The molecule has 2 heterocycles. The molecule has 0 saturated carbocycles. The van der Waals surface area contributed by atoms with E-state index < -0.39 is 15.9 Å². The third-order valence-electron chi connectivity index (χ3n) is 5.56. The van der Waals surface area contributed by atoms with Crippen molar-refractivity contribution in [3.63, 3.8) is 0 Å². The minimum absolute atomic E-state index is 0.126. The van der Waals surface area contributed by atoms with Crippen LogP contribution < -0.4 is 14.8 Å². The Morgan fingerprint density at radius 1 is 1.09 bits per heavy atom. The molecule has 1 aliphatic rings. The lowest BCUT2D eigenvalue weighted by atomic mass is 10.1. The molecule has 10 heteroatoms. The van der Waals surface area contributed by atoms with Gasteiger partial charge in [-0.3, -0.25) is 10.1 Å². The van der Waals surface area contributed by atoms with Crippen molar-refractivity contribution in [3.8, 4) is 22.8 Å². The van der Waals surface area contributed by atoms with Crippen molar-refractivity contribution in [3.05, 3.63) is 52.9 Å². The van der Waals surface area contributed by atoms with E-state index in [4.69, 9.17) is 9.47 Å². The maximum Gasteiger partial charge on any atom is 0.257 e. The Bertz CT molecular complexity index is 1280. The highest BCUT2D eigenvalue weighted by atomic mass is 32.2. The molecule has 1 aromatic heterocycles. The highest BCUT2D eigenvalue weighted by molar-refractivity contribution is 7.89. The first-order valence-electron chi connectivity index (χ1n) is 10.4. The molecule has 1 fully saturated rings. The number of carbonyl (C=O) groups is 1. The third kappa shape index (κ3) is 4.73. The van der Waals surface area contributed by atoms with Gasteiger partial charge in [0.15, 0.2) is 5.13 Å². The number of benzene rings is 2. The second-order valence-electron chi connectivity index (χ2n) is 7.65. The monoisotopic (exact) mass is 487 g/mol. The van der Waals surface area contributed by atoms with Gasteiger partial charge < -0.3 is 9.47 Å². The van der Waals surface area contributed by atoms with E-state index in [1.165, 1.54) is 21.7 Å². The number of hydrogen-bond donors (Lipinski definition) is 1. The number of aryl methyl sites for hydroxylation is 1. The summed E-state index contributed by atoms with van der Waals surface area (Å²) in [4.78, 5) is 17.7. The van der Waals surface area contributed by atoms with Gasteiger partial charge in [-0.2, -0.15) is 4.31 Å². The van der Waals surface area contributed by atoms with Crippen molar-refractivity contribution in [1.29, 1.82) is 0 Å². The Hall–Kier alpha value is -2.95. The standard InChI is InChI=1S/C23H25N3O5S2/c1-15-6-8-17(33(28,29)26-10-4-5-11-26)13-18(15)22(27)25-23-24-20(14-32-23)19-12-16(30-2)7-9-21(19)31-3/h6-9,12-14H,4-5,10-11H2,1-3H3,(H,24,25,27). The molecule has 4 rings (SSSR count). The summed E-state index contributed by atoms with van der Waals surface area (Å²) in [5.41, 5.74) is 2.35. The molecule has 1 aliphatic heterocycles. The number of ether oxygens (including phenoxy) is 2. The third-order valence-corrected chi connectivity index (χ3v) is 8.22. The Labute approximate surface area is 197 Å². The van der Waals surface area contributed by atoms with Gasteiger partial charge in [0.2, 0.25) is 10.0 Å². The van der Waals surface area contributed by atoms with Crippen LogP contribution in [0.3, 0.4) is 0 Å². The van der Waals surface area contributed by atoms with E-state index >= 15 is 0 Å². The maximum atomic E-state index is 13.0. The van der Waals surface area contributed by atoms with Crippen LogP contribution >= 0.6 is 11.3 Å². The van der Waals surface area contributed by atoms with E-state index in [2.05, 4.69) is 10.3 Å². The number of rotatable bonds is 7. The molecule has 0 radical (unpaired) electrons. The topological polar surface area (TPSA) is 97.8 Å². The van der Waals surface area contributed by atoms with Crippen molar-refractivity contribution in [1.82, 2.24) is 9.29 Å². The fraction of sp³-hybridized carbons (Fsp3) is 0.304. The molecule has 33 heavy (non-hydrogen) atoms. The molecule has 1 amide bonds. The van der Waals surface area contributed by atoms with Gasteiger partial charge in [0.25, 0.3) is 5.91 Å². The first-order chi connectivity index (χ1) is 15.8. The molecule has 2 aromatic carbocycles. The second-order valence-corrected chi connectivity index (χ2v) is 10.4. The van der Waals surface area contributed by atoms with Crippen LogP contribution in [0.5, 0.6) is 11.5 Å². The zero-order chi connectivity index (χ0) is 23.6. The number of nitrogens with one attached hydrogen (secondary N) is 1. The van der Waals surface area contributed by atoms with Gasteiger partial charge in [-0.15, -0.1) is 11.3 Å². The first kappa shape index (κ1) is 23.2. The molecule has 8 nitrogen and oxygen atoms in total. The van der Waals surface area contributed by atoms with Gasteiger partial charge >= 0.3 is 0 Å². The van der Waals surface area contributed by atoms with Crippen LogP contribution in [0, 0.1) is 6.92 Å². The summed E-state index contributed by atoms with van der Waals surface area (Å²) >= 11 is 1.27. The van der Waals surface area contributed by atoms with Gasteiger partial charge in [0, 0.05) is 29.6 Å². The largest absolute Gasteiger partial charge is 0.497 e. The molecule has 3 aromatic rings. The van der Waals surface area contributed by atoms with Crippen molar-refractivity contribution in [2.45, 2.75) is 24.7 Å². The van der Waals surface area contributed by atoms with Crippen molar-refractivity contribution < 1.29 is 22.7 Å². The Balaban J connectivity index is 1.58. The highest BCUT2D eigenvalue weighted by Gasteiger charge is 2.28. The summed E-state index contributed by atoms with van der Waals surface area (Å²) in [6.45, 7) is 2.79. The minimum atomic E-state index is -3.62. The smallest absolute Gasteiger partial charge is 0.257 e.